The molecule has 0 aromatic heterocycles. The number of piperazine rings is 1. The highest BCUT2D eigenvalue weighted by Gasteiger charge is 2.27. The van der Waals surface area contributed by atoms with E-state index in [2.05, 4.69) is 12.1 Å². The van der Waals surface area contributed by atoms with Crippen molar-refractivity contribution in [1.29, 1.82) is 0 Å². The van der Waals surface area contributed by atoms with E-state index in [1.165, 1.54) is 40.8 Å². The largest absolute Gasteiger partial charge is 0.335 e. The Morgan fingerprint density at radius 1 is 0.724 bits per heavy atom. The molecule has 0 radical (unpaired) electrons. The lowest BCUT2D eigenvalue weighted by atomic mass is 9.99. The van der Waals surface area contributed by atoms with Crippen LogP contribution in [0.4, 0.5) is 4.39 Å². The van der Waals surface area contributed by atoms with Gasteiger partial charge in [0.05, 0.1) is 0 Å². The molecule has 5 heteroatoms. The standard InChI is InChI=1S/C24H21FN2O2/c25-19-9-6-18(7-10-19)23(28)26-12-14-27(15-13-26)24(29)21-11-8-17-5-4-16-2-1-3-20(21)22(16)17/h1-3,6-11H,4-5,12-15H2. The van der Waals surface area contributed by atoms with Crippen molar-refractivity contribution in [2.45, 2.75) is 12.8 Å². The molecule has 4 nitrogen and oxygen atoms in total. The maximum Gasteiger partial charge on any atom is 0.254 e. The fourth-order valence-corrected chi connectivity index (χ4v) is 4.49. The van der Waals surface area contributed by atoms with E-state index in [4.69, 9.17) is 0 Å². The maximum absolute atomic E-state index is 13.2. The van der Waals surface area contributed by atoms with E-state index in [0.29, 0.717) is 31.7 Å². The van der Waals surface area contributed by atoms with Gasteiger partial charge in [-0.05, 0) is 65.1 Å². The van der Waals surface area contributed by atoms with Crippen LogP contribution in [0.2, 0.25) is 0 Å². The van der Waals surface area contributed by atoms with Crippen LogP contribution < -0.4 is 0 Å². The molecule has 1 aliphatic carbocycles. The SMILES string of the molecule is O=C(c1ccc(F)cc1)N1CCN(C(=O)c2ccc3c4c(cccc24)CC3)CC1. The van der Waals surface area contributed by atoms with Gasteiger partial charge in [0.15, 0.2) is 0 Å². The second kappa shape index (κ2) is 6.99. The van der Waals surface area contributed by atoms with Crippen LogP contribution in [0.3, 0.4) is 0 Å². The first-order chi connectivity index (χ1) is 14.1. The van der Waals surface area contributed by atoms with Gasteiger partial charge in [-0.15, -0.1) is 0 Å². The Labute approximate surface area is 168 Å². The molecule has 2 aliphatic rings. The minimum absolute atomic E-state index is 0.0227. The molecule has 0 atom stereocenters. The molecule has 1 saturated heterocycles. The summed E-state index contributed by atoms with van der Waals surface area (Å²) in [6.45, 7) is 1.94. The van der Waals surface area contributed by atoms with E-state index in [9.17, 15) is 14.0 Å². The predicted octanol–water partition coefficient (Wildman–Crippen LogP) is 3.68. The third-order valence-corrected chi connectivity index (χ3v) is 6.05. The molecular formula is C24H21FN2O2. The number of nitrogens with zero attached hydrogens (tertiary/aromatic N) is 2. The highest BCUT2D eigenvalue weighted by atomic mass is 19.1. The van der Waals surface area contributed by atoms with Gasteiger partial charge in [0.1, 0.15) is 5.82 Å². The molecule has 1 aliphatic heterocycles. The van der Waals surface area contributed by atoms with Crippen LogP contribution in [0.1, 0.15) is 31.8 Å². The van der Waals surface area contributed by atoms with Gasteiger partial charge in [0.2, 0.25) is 0 Å². The topological polar surface area (TPSA) is 40.6 Å². The van der Waals surface area contributed by atoms with Crippen LogP contribution in [0.5, 0.6) is 0 Å². The lowest BCUT2D eigenvalue weighted by Gasteiger charge is -2.35. The summed E-state index contributed by atoms with van der Waals surface area (Å²) in [5.74, 6) is -0.459. The van der Waals surface area contributed by atoms with Gasteiger partial charge >= 0.3 is 0 Å². The van der Waals surface area contributed by atoms with Crippen molar-refractivity contribution in [2.24, 2.45) is 0 Å². The van der Waals surface area contributed by atoms with E-state index in [1.54, 1.807) is 4.90 Å². The van der Waals surface area contributed by atoms with Crippen molar-refractivity contribution >= 4 is 22.6 Å². The Morgan fingerprint density at radius 2 is 1.34 bits per heavy atom. The second-order valence-electron chi connectivity index (χ2n) is 7.70. The first kappa shape index (κ1) is 17.9. The second-order valence-corrected chi connectivity index (χ2v) is 7.70. The monoisotopic (exact) mass is 388 g/mol. The number of halogens is 1. The summed E-state index contributed by atoms with van der Waals surface area (Å²) in [6, 6.07) is 15.8. The van der Waals surface area contributed by atoms with E-state index in [1.807, 2.05) is 23.1 Å². The van der Waals surface area contributed by atoms with Crippen LogP contribution in [-0.2, 0) is 12.8 Å². The number of carbonyl (C=O) groups excluding carboxylic acids is 2. The van der Waals surface area contributed by atoms with Crippen LogP contribution in [0, 0.1) is 5.82 Å². The van der Waals surface area contributed by atoms with Crippen molar-refractivity contribution < 1.29 is 14.0 Å². The Kier molecular flexibility index (Phi) is 4.31. The summed E-state index contributed by atoms with van der Waals surface area (Å²) < 4.78 is 13.1. The normalized spacial score (nSPS) is 15.8. The molecule has 3 aromatic rings. The molecule has 29 heavy (non-hydrogen) atoms. The lowest BCUT2D eigenvalue weighted by molar-refractivity contribution is 0.0536. The van der Waals surface area contributed by atoms with E-state index in [0.717, 1.165) is 23.8 Å². The van der Waals surface area contributed by atoms with Crippen LogP contribution in [0.25, 0.3) is 10.8 Å². The molecule has 1 heterocycles. The average molecular weight is 388 g/mol. The van der Waals surface area contributed by atoms with Crippen molar-refractivity contribution in [2.75, 3.05) is 26.2 Å². The van der Waals surface area contributed by atoms with Crippen molar-refractivity contribution in [3.8, 4) is 0 Å². The molecule has 0 N–H and O–H groups in total. The smallest absolute Gasteiger partial charge is 0.254 e. The number of benzene rings is 3. The summed E-state index contributed by atoms with van der Waals surface area (Å²) in [4.78, 5) is 29.4. The van der Waals surface area contributed by atoms with Crippen LogP contribution in [0.15, 0.2) is 54.6 Å². The zero-order valence-corrected chi connectivity index (χ0v) is 16.0. The molecule has 0 spiro atoms. The summed E-state index contributed by atoms with van der Waals surface area (Å²) in [6.07, 6.45) is 2.07. The van der Waals surface area contributed by atoms with Gasteiger partial charge in [0.25, 0.3) is 11.8 Å². The van der Waals surface area contributed by atoms with Crippen molar-refractivity contribution in [3.63, 3.8) is 0 Å². The number of aryl methyl sites for hydroxylation is 2. The van der Waals surface area contributed by atoms with Gasteiger partial charge in [-0.3, -0.25) is 9.59 Å². The molecule has 0 saturated carbocycles. The summed E-state index contributed by atoms with van der Waals surface area (Å²) in [5, 5.41) is 2.27. The third kappa shape index (κ3) is 3.07. The highest BCUT2D eigenvalue weighted by Crippen LogP contribution is 2.33. The first-order valence-electron chi connectivity index (χ1n) is 9.99. The molecule has 5 rings (SSSR count). The van der Waals surface area contributed by atoms with Crippen LogP contribution in [-0.4, -0.2) is 47.8 Å². The van der Waals surface area contributed by atoms with Gasteiger partial charge in [0, 0.05) is 37.3 Å². The van der Waals surface area contributed by atoms with E-state index >= 15 is 0 Å². The maximum atomic E-state index is 13.2. The third-order valence-electron chi connectivity index (χ3n) is 6.05. The average Bonchev–Trinajstić information content (AvgIpc) is 3.19. The molecular weight excluding hydrogens is 367 g/mol. The van der Waals surface area contributed by atoms with Gasteiger partial charge in [-0.1, -0.05) is 24.3 Å². The minimum Gasteiger partial charge on any atom is -0.335 e. The zero-order chi connectivity index (χ0) is 20.0. The highest BCUT2D eigenvalue weighted by molar-refractivity contribution is 6.09. The number of rotatable bonds is 2. The quantitative estimate of drug-likeness (QED) is 0.672. The molecule has 146 valence electrons. The van der Waals surface area contributed by atoms with E-state index in [-0.39, 0.29) is 17.6 Å². The fourth-order valence-electron chi connectivity index (χ4n) is 4.49. The first-order valence-corrected chi connectivity index (χ1v) is 9.99. The van der Waals surface area contributed by atoms with Crippen molar-refractivity contribution in [1.82, 2.24) is 9.80 Å². The molecule has 3 aromatic carbocycles. The molecule has 0 bridgehead atoms. The number of carbonyl (C=O) groups is 2. The Balaban J connectivity index is 1.33. The fraction of sp³-hybridized carbons (Fsp3) is 0.250. The minimum atomic E-state index is -0.359. The number of hydrogen-bond donors (Lipinski definition) is 0. The zero-order valence-electron chi connectivity index (χ0n) is 16.0. The lowest BCUT2D eigenvalue weighted by Crippen LogP contribution is -2.50. The summed E-state index contributed by atoms with van der Waals surface area (Å²) in [5.41, 5.74) is 3.85. The Morgan fingerprint density at radius 3 is 2.03 bits per heavy atom. The molecule has 2 amide bonds. The Bertz CT molecular complexity index is 1110. The predicted molar refractivity (Wildman–Crippen MR) is 110 cm³/mol. The Hall–Kier alpha value is -3.21. The number of hydrogen-bond acceptors (Lipinski definition) is 2. The van der Waals surface area contributed by atoms with Gasteiger partial charge in [-0.25, -0.2) is 4.39 Å². The van der Waals surface area contributed by atoms with Gasteiger partial charge in [-0.2, -0.15) is 0 Å². The summed E-state index contributed by atoms with van der Waals surface area (Å²) >= 11 is 0. The molecule has 0 unspecified atom stereocenters. The number of amides is 2. The molecule has 1 fully saturated rings. The van der Waals surface area contributed by atoms with Gasteiger partial charge < -0.3 is 9.80 Å². The summed E-state index contributed by atoms with van der Waals surface area (Å²) in [7, 11) is 0. The van der Waals surface area contributed by atoms with Crippen LogP contribution >= 0.6 is 0 Å². The van der Waals surface area contributed by atoms with E-state index < -0.39 is 0 Å². The van der Waals surface area contributed by atoms with Crippen molar-refractivity contribution in [3.05, 3.63) is 82.7 Å².